The highest BCUT2D eigenvalue weighted by Crippen LogP contribution is 2.34. The number of ether oxygens (including phenoxy) is 1. The fraction of sp³-hybridized carbons (Fsp3) is 0.316. The first-order valence-corrected chi connectivity index (χ1v) is 7.64. The van der Waals surface area contributed by atoms with E-state index >= 15 is 0 Å². The standard InChI is InChI=1S/C19H23NO3/c1-20(2)12-11-16(14-7-5-4-6-8-14)17-13-15(19(22)23-3)9-10-18(17)21/h4-10,13,16,21H,11-12H2,1-3H3/t16-/m1/s1. The van der Waals surface area contributed by atoms with Gasteiger partial charge in [0.1, 0.15) is 5.75 Å². The Hall–Kier alpha value is -2.33. The molecule has 1 N–H and O–H groups in total. The topological polar surface area (TPSA) is 49.8 Å². The number of carbonyl (C=O) groups is 1. The zero-order valence-electron chi connectivity index (χ0n) is 13.8. The summed E-state index contributed by atoms with van der Waals surface area (Å²) in [5.74, 6) is -0.181. The van der Waals surface area contributed by atoms with Crippen molar-refractivity contribution in [2.45, 2.75) is 12.3 Å². The number of rotatable bonds is 6. The van der Waals surface area contributed by atoms with Crippen LogP contribution < -0.4 is 0 Å². The third-order valence-corrected chi connectivity index (χ3v) is 3.89. The number of phenols is 1. The van der Waals surface area contributed by atoms with E-state index in [1.54, 1.807) is 18.2 Å². The maximum Gasteiger partial charge on any atom is 0.337 e. The Morgan fingerprint density at radius 2 is 1.87 bits per heavy atom. The molecule has 0 radical (unpaired) electrons. The van der Waals surface area contributed by atoms with E-state index < -0.39 is 5.97 Å². The highest BCUT2D eigenvalue weighted by Gasteiger charge is 2.20. The molecular weight excluding hydrogens is 290 g/mol. The first-order chi connectivity index (χ1) is 11.0. The molecule has 0 aliphatic rings. The predicted octanol–water partition coefficient (Wildman–Crippen LogP) is 3.26. The summed E-state index contributed by atoms with van der Waals surface area (Å²) in [6, 6.07) is 14.9. The number of hydrogen-bond acceptors (Lipinski definition) is 4. The van der Waals surface area contributed by atoms with Gasteiger partial charge in [0.05, 0.1) is 12.7 Å². The number of phenolic OH excluding ortho intramolecular Hbond substituents is 1. The van der Waals surface area contributed by atoms with E-state index in [1.165, 1.54) is 7.11 Å². The quantitative estimate of drug-likeness (QED) is 0.832. The molecule has 0 unspecified atom stereocenters. The van der Waals surface area contributed by atoms with Gasteiger partial charge in [0.15, 0.2) is 0 Å². The Labute approximate surface area is 137 Å². The van der Waals surface area contributed by atoms with E-state index in [-0.39, 0.29) is 11.7 Å². The number of hydrogen-bond donors (Lipinski definition) is 1. The van der Waals surface area contributed by atoms with Crippen molar-refractivity contribution in [3.05, 3.63) is 65.2 Å². The van der Waals surface area contributed by atoms with Crippen molar-refractivity contribution >= 4 is 5.97 Å². The molecule has 1 atom stereocenters. The maximum atomic E-state index is 11.8. The molecule has 2 aromatic rings. The Kier molecular flexibility index (Phi) is 5.77. The largest absolute Gasteiger partial charge is 0.508 e. The molecule has 0 fully saturated rings. The number of aromatic hydroxyl groups is 1. The van der Waals surface area contributed by atoms with Crippen LogP contribution in [0.5, 0.6) is 5.75 Å². The SMILES string of the molecule is COC(=O)c1ccc(O)c([C@H](CCN(C)C)c2ccccc2)c1. The van der Waals surface area contributed by atoms with Crippen molar-refractivity contribution in [1.82, 2.24) is 4.90 Å². The van der Waals surface area contributed by atoms with Gasteiger partial charge in [-0.05, 0) is 50.8 Å². The Morgan fingerprint density at radius 1 is 1.17 bits per heavy atom. The molecule has 0 saturated carbocycles. The van der Waals surface area contributed by atoms with Gasteiger partial charge in [-0.3, -0.25) is 0 Å². The maximum absolute atomic E-state index is 11.8. The zero-order valence-corrected chi connectivity index (χ0v) is 13.8. The van der Waals surface area contributed by atoms with Crippen LogP contribution in [0.1, 0.15) is 33.8 Å². The van der Waals surface area contributed by atoms with Crippen LogP contribution in [0, 0.1) is 0 Å². The van der Waals surface area contributed by atoms with Crippen LogP contribution >= 0.6 is 0 Å². The minimum atomic E-state index is -0.398. The average molecular weight is 313 g/mol. The molecule has 4 heteroatoms. The van der Waals surface area contributed by atoms with Gasteiger partial charge in [0, 0.05) is 11.5 Å². The molecule has 0 aliphatic heterocycles. The number of esters is 1. The van der Waals surface area contributed by atoms with Gasteiger partial charge in [0.25, 0.3) is 0 Å². The van der Waals surface area contributed by atoms with Crippen molar-refractivity contribution in [2.75, 3.05) is 27.7 Å². The third kappa shape index (κ3) is 4.33. The second kappa shape index (κ2) is 7.79. The molecule has 23 heavy (non-hydrogen) atoms. The van der Waals surface area contributed by atoms with Gasteiger partial charge < -0.3 is 14.7 Å². The normalized spacial score (nSPS) is 12.2. The van der Waals surface area contributed by atoms with Crippen molar-refractivity contribution in [2.24, 2.45) is 0 Å². The summed E-state index contributed by atoms with van der Waals surface area (Å²) in [5.41, 5.74) is 2.32. The third-order valence-electron chi connectivity index (χ3n) is 3.89. The van der Waals surface area contributed by atoms with E-state index in [0.29, 0.717) is 5.56 Å². The molecule has 0 bridgehead atoms. The fourth-order valence-corrected chi connectivity index (χ4v) is 2.65. The van der Waals surface area contributed by atoms with E-state index in [4.69, 9.17) is 4.74 Å². The molecule has 0 aromatic heterocycles. The fourth-order valence-electron chi connectivity index (χ4n) is 2.65. The molecular formula is C19H23NO3. The van der Waals surface area contributed by atoms with Crippen LogP contribution in [-0.4, -0.2) is 43.7 Å². The van der Waals surface area contributed by atoms with Gasteiger partial charge in [-0.25, -0.2) is 4.79 Å². The molecule has 2 aromatic carbocycles. The van der Waals surface area contributed by atoms with E-state index in [2.05, 4.69) is 4.90 Å². The van der Waals surface area contributed by atoms with Crippen molar-refractivity contribution in [1.29, 1.82) is 0 Å². The van der Waals surface area contributed by atoms with Crippen LogP contribution in [0.3, 0.4) is 0 Å². The van der Waals surface area contributed by atoms with Gasteiger partial charge in [0.2, 0.25) is 0 Å². The molecule has 0 heterocycles. The first kappa shape index (κ1) is 17.0. The minimum Gasteiger partial charge on any atom is -0.508 e. The van der Waals surface area contributed by atoms with Crippen LogP contribution in [0.2, 0.25) is 0 Å². The Balaban J connectivity index is 2.44. The average Bonchev–Trinajstić information content (AvgIpc) is 2.56. The number of methoxy groups -OCH3 is 1. The number of benzene rings is 2. The molecule has 0 amide bonds. The van der Waals surface area contributed by atoms with Crippen LogP contribution in [0.25, 0.3) is 0 Å². The summed E-state index contributed by atoms with van der Waals surface area (Å²) >= 11 is 0. The molecule has 2 rings (SSSR count). The highest BCUT2D eigenvalue weighted by atomic mass is 16.5. The lowest BCUT2D eigenvalue weighted by Gasteiger charge is -2.21. The van der Waals surface area contributed by atoms with E-state index in [0.717, 1.165) is 24.1 Å². The summed E-state index contributed by atoms with van der Waals surface area (Å²) in [6.45, 7) is 0.876. The van der Waals surface area contributed by atoms with E-state index in [1.807, 2.05) is 44.4 Å². The lowest BCUT2D eigenvalue weighted by atomic mass is 9.87. The lowest BCUT2D eigenvalue weighted by molar-refractivity contribution is 0.0600. The van der Waals surface area contributed by atoms with Gasteiger partial charge in [-0.15, -0.1) is 0 Å². The molecule has 0 saturated heterocycles. The summed E-state index contributed by atoms with van der Waals surface area (Å²) in [7, 11) is 5.40. The highest BCUT2D eigenvalue weighted by molar-refractivity contribution is 5.89. The molecule has 4 nitrogen and oxygen atoms in total. The summed E-state index contributed by atoms with van der Waals surface area (Å²) in [6.07, 6.45) is 0.842. The Morgan fingerprint density at radius 3 is 2.48 bits per heavy atom. The summed E-state index contributed by atoms with van der Waals surface area (Å²) < 4.78 is 4.79. The molecule has 122 valence electrons. The van der Waals surface area contributed by atoms with Gasteiger partial charge in [-0.2, -0.15) is 0 Å². The molecule has 0 aliphatic carbocycles. The smallest absolute Gasteiger partial charge is 0.337 e. The van der Waals surface area contributed by atoms with Crippen molar-refractivity contribution < 1.29 is 14.6 Å². The molecule has 0 spiro atoms. The van der Waals surface area contributed by atoms with E-state index in [9.17, 15) is 9.90 Å². The summed E-state index contributed by atoms with van der Waals surface area (Å²) in [5, 5.41) is 10.3. The predicted molar refractivity (Wildman–Crippen MR) is 90.9 cm³/mol. The zero-order chi connectivity index (χ0) is 16.8. The summed E-state index contributed by atoms with van der Waals surface area (Å²) in [4.78, 5) is 13.9. The second-order valence-corrected chi connectivity index (χ2v) is 5.82. The lowest BCUT2D eigenvalue weighted by Crippen LogP contribution is -2.17. The van der Waals surface area contributed by atoms with Crippen LogP contribution in [0.4, 0.5) is 0 Å². The van der Waals surface area contributed by atoms with Gasteiger partial charge in [-0.1, -0.05) is 30.3 Å². The Bertz CT molecular complexity index is 653. The van der Waals surface area contributed by atoms with Crippen LogP contribution in [-0.2, 0) is 4.74 Å². The van der Waals surface area contributed by atoms with Crippen LogP contribution in [0.15, 0.2) is 48.5 Å². The van der Waals surface area contributed by atoms with Gasteiger partial charge >= 0.3 is 5.97 Å². The number of carbonyl (C=O) groups excluding carboxylic acids is 1. The first-order valence-electron chi connectivity index (χ1n) is 7.64. The minimum absolute atomic E-state index is 0.0169. The monoisotopic (exact) mass is 313 g/mol. The number of nitrogens with zero attached hydrogens (tertiary/aromatic N) is 1. The van der Waals surface area contributed by atoms with Crippen molar-refractivity contribution in [3.63, 3.8) is 0 Å². The second-order valence-electron chi connectivity index (χ2n) is 5.82. The van der Waals surface area contributed by atoms with Crippen molar-refractivity contribution in [3.8, 4) is 5.75 Å².